The summed E-state index contributed by atoms with van der Waals surface area (Å²) in [4.78, 5) is 12.9. The molecule has 6 heteroatoms. The van der Waals surface area contributed by atoms with Crippen LogP contribution in [0.25, 0.3) is 0 Å². The highest BCUT2D eigenvalue weighted by atomic mass is 32.1. The third-order valence-corrected chi connectivity index (χ3v) is 6.86. The molecule has 2 heterocycles. The van der Waals surface area contributed by atoms with E-state index in [1.54, 1.807) is 11.3 Å². The van der Waals surface area contributed by atoms with E-state index in [1.807, 2.05) is 6.08 Å². The molecule has 1 aromatic heterocycles. The van der Waals surface area contributed by atoms with E-state index < -0.39 is 6.29 Å². The summed E-state index contributed by atoms with van der Waals surface area (Å²) < 4.78 is 11.8. The van der Waals surface area contributed by atoms with Gasteiger partial charge in [0.15, 0.2) is 5.76 Å². The Morgan fingerprint density at radius 1 is 1.30 bits per heavy atom. The minimum Gasteiger partial charge on any atom is -0.459 e. The van der Waals surface area contributed by atoms with Gasteiger partial charge in [0.05, 0.1) is 6.61 Å². The molecule has 1 aliphatic heterocycles. The van der Waals surface area contributed by atoms with Gasteiger partial charge in [-0.05, 0) is 72.4 Å². The monoisotopic (exact) mass is 391 g/mol. The zero-order valence-electron chi connectivity index (χ0n) is 15.6. The fourth-order valence-corrected chi connectivity index (χ4v) is 5.45. The van der Waals surface area contributed by atoms with Crippen LogP contribution >= 0.6 is 11.3 Å². The summed E-state index contributed by atoms with van der Waals surface area (Å²) in [5, 5.41) is 16.3. The normalized spacial score (nSPS) is 32.2. The van der Waals surface area contributed by atoms with Gasteiger partial charge in [0.1, 0.15) is 0 Å². The summed E-state index contributed by atoms with van der Waals surface area (Å²) in [6, 6.07) is 2.40. The van der Waals surface area contributed by atoms with Gasteiger partial charge >= 0.3 is 0 Å². The fourth-order valence-electron chi connectivity index (χ4n) is 4.73. The zero-order chi connectivity index (χ0) is 18.6. The van der Waals surface area contributed by atoms with Crippen LogP contribution < -0.4 is 5.32 Å². The Morgan fingerprint density at radius 3 is 2.93 bits per heavy atom. The number of hydrogen-bond acceptors (Lipinski definition) is 5. The van der Waals surface area contributed by atoms with Gasteiger partial charge in [-0.25, -0.2) is 0 Å². The Balaban J connectivity index is 1.41. The Bertz CT molecular complexity index is 659. The number of rotatable bonds is 8. The lowest BCUT2D eigenvalue weighted by Crippen LogP contribution is -2.41. The molecule has 148 valence electrons. The second-order valence-electron chi connectivity index (χ2n) is 8.03. The van der Waals surface area contributed by atoms with Gasteiger partial charge in [0, 0.05) is 25.0 Å². The van der Waals surface area contributed by atoms with E-state index in [0.29, 0.717) is 37.2 Å². The topological polar surface area (TPSA) is 67.8 Å². The summed E-state index contributed by atoms with van der Waals surface area (Å²) in [5.41, 5.74) is 1.21. The van der Waals surface area contributed by atoms with Gasteiger partial charge in [-0.2, -0.15) is 11.3 Å². The number of nitrogens with one attached hydrogen (secondary N) is 1. The van der Waals surface area contributed by atoms with Gasteiger partial charge in [-0.15, -0.1) is 0 Å². The molecule has 0 saturated heterocycles. The van der Waals surface area contributed by atoms with Crippen molar-refractivity contribution in [1.82, 2.24) is 5.32 Å². The first kappa shape index (κ1) is 19.0. The quantitative estimate of drug-likeness (QED) is 0.665. The van der Waals surface area contributed by atoms with Crippen molar-refractivity contribution in [3.05, 3.63) is 34.2 Å². The van der Waals surface area contributed by atoms with Gasteiger partial charge < -0.3 is 19.9 Å². The van der Waals surface area contributed by atoms with Crippen LogP contribution in [0.5, 0.6) is 0 Å². The van der Waals surface area contributed by atoms with Gasteiger partial charge in [-0.3, -0.25) is 4.79 Å². The molecule has 4 rings (SSSR count). The molecule has 3 aliphatic rings. The molecule has 2 aliphatic carbocycles. The predicted octanol–water partition coefficient (Wildman–Crippen LogP) is 3.56. The van der Waals surface area contributed by atoms with Crippen LogP contribution in [0.1, 0.15) is 56.4 Å². The molecular weight excluding hydrogens is 362 g/mol. The smallest absolute Gasteiger partial charge is 0.286 e. The Labute approximate surface area is 164 Å². The number of amides is 1. The predicted molar refractivity (Wildman–Crippen MR) is 104 cm³/mol. The molecular formula is C21H29NO4S. The maximum Gasteiger partial charge on any atom is 0.286 e. The maximum atomic E-state index is 12.9. The number of unbranched alkanes of at least 4 members (excludes halogenated alkanes) is 1. The molecule has 2 saturated carbocycles. The van der Waals surface area contributed by atoms with Gasteiger partial charge in [0.25, 0.3) is 5.91 Å². The Kier molecular flexibility index (Phi) is 6.15. The number of carbonyl (C=O) groups excluding carboxylic acids is 1. The highest BCUT2D eigenvalue weighted by Gasteiger charge is 2.41. The van der Waals surface area contributed by atoms with Crippen molar-refractivity contribution in [2.75, 3.05) is 13.2 Å². The highest BCUT2D eigenvalue weighted by Crippen LogP contribution is 2.44. The fraction of sp³-hybridized carbons (Fsp3) is 0.667. The van der Waals surface area contributed by atoms with Crippen LogP contribution in [-0.4, -0.2) is 36.6 Å². The lowest BCUT2D eigenvalue weighted by atomic mass is 9.94. The van der Waals surface area contributed by atoms with E-state index in [-0.39, 0.29) is 18.4 Å². The molecule has 1 amide bonds. The maximum absolute atomic E-state index is 12.9. The van der Waals surface area contributed by atoms with Crippen molar-refractivity contribution in [2.45, 2.75) is 63.2 Å². The average molecular weight is 392 g/mol. The SMILES string of the molecule is O=C(NC1CC2CCC1C2)C1=C[C@H](c2ccsc2)C[C@H](OCCCCO)O1. The number of aliphatic hydroxyl groups excluding tert-OH is 1. The summed E-state index contributed by atoms with van der Waals surface area (Å²) >= 11 is 1.66. The van der Waals surface area contributed by atoms with Crippen molar-refractivity contribution < 1.29 is 19.4 Å². The summed E-state index contributed by atoms with van der Waals surface area (Å²) in [6.45, 7) is 0.701. The number of allylic oxidation sites excluding steroid dienone is 1. The number of aliphatic hydroxyl groups is 1. The molecule has 0 radical (unpaired) electrons. The summed E-state index contributed by atoms with van der Waals surface area (Å²) in [6.07, 6.45) is 8.68. The molecule has 5 nitrogen and oxygen atoms in total. The second kappa shape index (κ2) is 8.76. The van der Waals surface area contributed by atoms with Crippen LogP contribution in [0.2, 0.25) is 0 Å². The first-order valence-electron chi connectivity index (χ1n) is 10.2. The minimum absolute atomic E-state index is 0.101. The van der Waals surface area contributed by atoms with E-state index in [1.165, 1.54) is 24.8 Å². The summed E-state index contributed by atoms with van der Waals surface area (Å²) in [5.74, 6) is 1.86. The van der Waals surface area contributed by atoms with Crippen LogP contribution in [0.15, 0.2) is 28.7 Å². The molecule has 2 N–H and O–H groups in total. The van der Waals surface area contributed by atoms with E-state index in [9.17, 15) is 4.79 Å². The molecule has 2 fully saturated rings. The number of hydrogen-bond donors (Lipinski definition) is 2. The van der Waals surface area contributed by atoms with Gasteiger partial charge in [0.2, 0.25) is 6.29 Å². The first-order valence-corrected chi connectivity index (χ1v) is 11.1. The Morgan fingerprint density at radius 2 is 2.22 bits per heavy atom. The van der Waals surface area contributed by atoms with Crippen LogP contribution in [-0.2, 0) is 14.3 Å². The largest absolute Gasteiger partial charge is 0.459 e. The standard InChI is InChI=1S/C21H29NO4S/c23-6-1-2-7-25-20-12-17(16-5-8-27-13-16)11-19(26-20)21(24)22-18-10-14-3-4-15(18)9-14/h5,8,11,13-15,17-18,20,23H,1-4,6-7,9-10,12H2,(H,22,24)/t14?,15?,17-,18?,20+/m0/s1. The van der Waals surface area contributed by atoms with Crippen LogP contribution in [0.3, 0.4) is 0 Å². The average Bonchev–Trinajstić information content (AvgIpc) is 3.43. The first-order chi connectivity index (χ1) is 13.2. The van der Waals surface area contributed by atoms with Crippen molar-refractivity contribution in [3.63, 3.8) is 0 Å². The highest BCUT2D eigenvalue weighted by molar-refractivity contribution is 7.08. The van der Waals surface area contributed by atoms with E-state index in [4.69, 9.17) is 14.6 Å². The number of ether oxygens (including phenoxy) is 2. The van der Waals surface area contributed by atoms with Crippen molar-refractivity contribution in [2.24, 2.45) is 11.8 Å². The van der Waals surface area contributed by atoms with Gasteiger partial charge in [-0.1, -0.05) is 6.42 Å². The molecule has 27 heavy (non-hydrogen) atoms. The van der Waals surface area contributed by atoms with Crippen LogP contribution in [0.4, 0.5) is 0 Å². The van der Waals surface area contributed by atoms with Crippen molar-refractivity contribution in [3.8, 4) is 0 Å². The second-order valence-corrected chi connectivity index (χ2v) is 8.81. The molecule has 1 aromatic rings. The minimum atomic E-state index is -0.417. The molecule has 3 unspecified atom stereocenters. The lowest BCUT2D eigenvalue weighted by molar-refractivity contribution is -0.147. The number of fused-ring (bicyclic) bond motifs is 2. The van der Waals surface area contributed by atoms with E-state index >= 15 is 0 Å². The van der Waals surface area contributed by atoms with Crippen LogP contribution in [0, 0.1) is 11.8 Å². The third kappa shape index (κ3) is 4.55. The molecule has 0 spiro atoms. The molecule has 0 aromatic carbocycles. The van der Waals surface area contributed by atoms with E-state index in [0.717, 1.165) is 18.8 Å². The lowest BCUT2D eigenvalue weighted by Gasteiger charge is -2.30. The molecule has 5 atom stereocenters. The van der Waals surface area contributed by atoms with Crippen molar-refractivity contribution >= 4 is 17.2 Å². The third-order valence-electron chi connectivity index (χ3n) is 6.16. The summed E-state index contributed by atoms with van der Waals surface area (Å²) in [7, 11) is 0. The number of thiophene rings is 1. The van der Waals surface area contributed by atoms with Crippen molar-refractivity contribution in [1.29, 1.82) is 0 Å². The van der Waals surface area contributed by atoms with E-state index in [2.05, 4.69) is 22.1 Å². The molecule has 2 bridgehead atoms. The number of carbonyl (C=O) groups is 1. The zero-order valence-corrected chi connectivity index (χ0v) is 16.5. The Hall–Kier alpha value is -1.37.